The van der Waals surface area contributed by atoms with E-state index in [1.165, 1.54) is 32.3 Å². The van der Waals surface area contributed by atoms with Crippen LogP contribution in [0.25, 0.3) is 149 Å². The molecular formula is C61H34N4O2. The Kier molecular flexibility index (Phi) is 7.40. The number of fused-ring (bicyclic) bond motifs is 14. The van der Waals surface area contributed by atoms with Crippen molar-refractivity contribution in [1.29, 1.82) is 0 Å². The van der Waals surface area contributed by atoms with Crippen LogP contribution in [0, 0.1) is 0 Å². The first-order chi connectivity index (χ1) is 33.2. The van der Waals surface area contributed by atoms with Crippen molar-refractivity contribution < 1.29 is 8.83 Å². The third-order valence-electron chi connectivity index (χ3n) is 13.7. The summed E-state index contributed by atoms with van der Waals surface area (Å²) in [6.45, 7) is 0. The lowest BCUT2D eigenvalue weighted by Gasteiger charge is -2.14. The van der Waals surface area contributed by atoms with E-state index in [1.54, 1.807) is 0 Å². The number of furan rings is 2. The minimum atomic E-state index is 0.521. The third-order valence-corrected chi connectivity index (χ3v) is 13.7. The highest BCUT2D eigenvalue weighted by molar-refractivity contribution is 6.23. The first kappa shape index (κ1) is 36.2. The Labute approximate surface area is 381 Å². The number of nitrogens with zero attached hydrogens (tertiary/aromatic N) is 4. The van der Waals surface area contributed by atoms with E-state index in [9.17, 15) is 0 Å². The van der Waals surface area contributed by atoms with Crippen molar-refractivity contribution in [1.82, 2.24) is 19.5 Å². The molecule has 0 spiro atoms. The highest BCUT2D eigenvalue weighted by Gasteiger charge is 2.23. The fraction of sp³-hybridized carbons (Fsp3) is 0. The minimum Gasteiger partial charge on any atom is -0.456 e. The van der Waals surface area contributed by atoms with E-state index >= 15 is 0 Å². The number of benzene rings is 11. The Morgan fingerprint density at radius 1 is 0.313 bits per heavy atom. The molecule has 310 valence electrons. The molecule has 0 amide bonds. The molecule has 0 atom stereocenters. The maximum absolute atomic E-state index is 6.70. The summed E-state index contributed by atoms with van der Waals surface area (Å²) in [6.07, 6.45) is 0. The molecule has 0 N–H and O–H groups in total. The van der Waals surface area contributed by atoms with Gasteiger partial charge in [-0.1, -0.05) is 140 Å². The fourth-order valence-corrected chi connectivity index (χ4v) is 10.6. The van der Waals surface area contributed by atoms with Crippen LogP contribution in [-0.2, 0) is 0 Å². The number of hydrogen-bond donors (Lipinski definition) is 0. The van der Waals surface area contributed by atoms with Crippen molar-refractivity contribution in [3.63, 3.8) is 0 Å². The molecule has 0 radical (unpaired) electrons. The summed E-state index contributed by atoms with van der Waals surface area (Å²) >= 11 is 0. The molecule has 6 heteroatoms. The van der Waals surface area contributed by atoms with Gasteiger partial charge >= 0.3 is 0 Å². The molecule has 6 nitrogen and oxygen atoms in total. The van der Waals surface area contributed by atoms with Gasteiger partial charge in [0.2, 0.25) is 0 Å². The van der Waals surface area contributed by atoms with E-state index in [1.807, 2.05) is 36.4 Å². The van der Waals surface area contributed by atoms with Gasteiger partial charge in [-0.15, -0.1) is 0 Å². The number of rotatable bonds is 4. The van der Waals surface area contributed by atoms with Gasteiger partial charge in [-0.2, -0.15) is 0 Å². The molecule has 0 bridgehead atoms. The molecular weight excluding hydrogens is 821 g/mol. The average molecular weight is 855 g/mol. The first-order valence-electron chi connectivity index (χ1n) is 22.6. The highest BCUT2D eigenvalue weighted by Crippen LogP contribution is 2.44. The molecule has 4 heterocycles. The zero-order valence-corrected chi connectivity index (χ0v) is 35.7. The topological polar surface area (TPSA) is 69.9 Å². The van der Waals surface area contributed by atoms with Gasteiger partial charge in [0.1, 0.15) is 22.3 Å². The molecule has 0 aliphatic heterocycles. The van der Waals surface area contributed by atoms with Gasteiger partial charge < -0.3 is 13.4 Å². The van der Waals surface area contributed by atoms with E-state index in [0.717, 1.165) is 98.8 Å². The summed E-state index contributed by atoms with van der Waals surface area (Å²) < 4.78 is 15.7. The van der Waals surface area contributed by atoms with Crippen molar-refractivity contribution in [2.75, 3.05) is 0 Å². The molecule has 15 aromatic rings. The number of hydrogen-bond acceptors (Lipinski definition) is 5. The lowest BCUT2D eigenvalue weighted by molar-refractivity contribution is 0.669. The molecule has 0 aliphatic carbocycles. The minimum absolute atomic E-state index is 0.521. The summed E-state index contributed by atoms with van der Waals surface area (Å²) in [7, 11) is 0. The summed E-state index contributed by atoms with van der Waals surface area (Å²) in [4.78, 5) is 16.1. The van der Waals surface area contributed by atoms with Gasteiger partial charge in [0.05, 0.1) is 16.6 Å². The Hall–Kier alpha value is -9.13. The second-order valence-electron chi connectivity index (χ2n) is 17.5. The SMILES string of the molecule is c1ccc2cc(-c3nc(-c4cc5oc6ccccc6c5c5ccc(-n6c7cc8ccccc8cc7c7cc8ccccc8cc76)cc45)nc(-c4cccc5c4oc4ccccc45)n3)ccc2c1. The molecule has 0 saturated heterocycles. The van der Waals surface area contributed by atoms with E-state index in [4.69, 9.17) is 23.8 Å². The predicted octanol–water partition coefficient (Wildman–Crippen LogP) is 16.4. The smallest absolute Gasteiger partial charge is 0.167 e. The predicted molar refractivity (Wildman–Crippen MR) is 275 cm³/mol. The largest absolute Gasteiger partial charge is 0.456 e. The molecule has 15 rings (SSSR count). The van der Waals surface area contributed by atoms with Crippen molar-refractivity contribution in [2.24, 2.45) is 0 Å². The van der Waals surface area contributed by atoms with Crippen LogP contribution in [0.15, 0.2) is 215 Å². The first-order valence-corrected chi connectivity index (χ1v) is 22.6. The van der Waals surface area contributed by atoms with Gasteiger partial charge in [-0.3, -0.25) is 0 Å². The standard InChI is InChI=1S/C61H34N4O2/c1-2-13-36-28-41(25-24-35(36)12-1)59-62-60(47-21-11-20-45-43-18-7-9-22-54(43)67-58(45)47)64-61(63-59)51-34-56-57(46-19-8-10-23-55(46)66-56)44-27-26-42(33-48(44)51)65-52-31-39-16-5-3-14-37(39)29-49(52)50-30-38-15-4-6-17-40(38)32-53(50)65/h1-34H. The maximum Gasteiger partial charge on any atom is 0.167 e. The molecule has 4 aromatic heterocycles. The fourth-order valence-electron chi connectivity index (χ4n) is 10.6. The van der Waals surface area contributed by atoms with Gasteiger partial charge in [-0.25, -0.2) is 15.0 Å². The van der Waals surface area contributed by atoms with E-state index in [2.05, 4.69) is 174 Å². The average Bonchev–Trinajstić information content (AvgIpc) is 4.06. The summed E-state index contributed by atoms with van der Waals surface area (Å²) in [6, 6.07) is 72.9. The Morgan fingerprint density at radius 2 is 0.881 bits per heavy atom. The van der Waals surface area contributed by atoms with Gasteiger partial charge in [0.25, 0.3) is 0 Å². The van der Waals surface area contributed by atoms with Crippen molar-refractivity contribution in [3.8, 4) is 39.9 Å². The van der Waals surface area contributed by atoms with E-state index in [-0.39, 0.29) is 0 Å². The van der Waals surface area contributed by atoms with Gasteiger partial charge in [-0.05, 0) is 110 Å². The molecule has 11 aromatic carbocycles. The molecule has 0 unspecified atom stereocenters. The zero-order chi connectivity index (χ0) is 43.7. The Bertz CT molecular complexity index is 4500. The van der Waals surface area contributed by atoms with Crippen molar-refractivity contribution >= 4 is 109 Å². The Morgan fingerprint density at radius 3 is 1.60 bits per heavy atom. The molecule has 0 saturated carbocycles. The second-order valence-corrected chi connectivity index (χ2v) is 17.5. The van der Waals surface area contributed by atoms with Crippen LogP contribution in [0.2, 0.25) is 0 Å². The van der Waals surface area contributed by atoms with Crippen LogP contribution in [0.5, 0.6) is 0 Å². The normalized spacial score (nSPS) is 12.2. The van der Waals surface area contributed by atoms with E-state index in [0.29, 0.717) is 17.5 Å². The van der Waals surface area contributed by atoms with Crippen molar-refractivity contribution in [2.45, 2.75) is 0 Å². The van der Waals surface area contributed by atoms with E-state index < -0.39 is 0 Å². The zero-order valence-electron chi connectivity index (χ0n) is 35.7. The van der Waals surface area contributed by atoms with Crippen LogP contribution in [0.1, 0.15) is 0 Å². The summed E-state index contributed by atoms with van der Waals surface area (Å²) in [5.41, 5.74) is 8.96. The van der Waals surface area contributed by atoms with Crippen LogP contribution in [0.4, 0.5) is 0 Å². The number of aromatic nitrogens is 4. The van der Waals surface area contributed by atoms with Gasteiger partial charge in [0, 0.05) is 49.1 Å². The second kappa shape index (κ2) is 13.7. The van der Waals surface area contributed by atoms with Crippen LogP contribution >= 0.6 is 0 Å². The highest BCUT2D eigenvalue weighted by atomic mass is 16.3. The Balaban J connectivity index is 1.05. The lowest BCUT2D eigenvalue weighted by atomic mass is 9.97. The quantitative estimate of drug-likeness (QED) is 0.176. The maximum atomic E-state index is 6.70. The van der Waals surface area contributed by atoms with Gasteiger partial charge in [0.15, 0.2) is 17.5 Å². The van der Waals surface area contributed by atoms with Crippen LogP contribution < -0.4 is 0 Å². The van der Waals surface area contributed by atoms with Crippen molar-refractivity contribution in [3.05, 3.63) is 206 Å². The number of para-hydroxylation sites is 3. The molecule has 0 fully saturated rings. The summed E-state index contributed by atoms with van der Waals surface area (Å²) in [5, 5.41) is 15.7. The molecule has 67 heavy (non-hydrogen) atoms. The lowest BCUT2D eigenvalue weighted by Crippen LogP contribution is -2.01. The van der Waals surface area contributed by atoms with Crippen LogP contribution in [0.3, 0.4) is 0 Å². The monoisotopic (exact) mass is 854 g/mol. The third kappa shape index (κ3) is 5.41. The summed E-state index contributed by atoms with van der Waals surface area (Å²) in [5.74, 6) is 1.62. The van der Waals surface area contributed by atoms with Crippen LogP contribution in [-0.4, -0.2) is 19.5 Å². The molecule has 0 aliphatic rings.